The second-order valence-corrected chi connectivity index (χ2v) is 7.84. The van der Waals surface area contributed by atoms with Crippen molar-refractivity contribution in [2.45, 2.75) is 19.3 Å². The highest BCUT2D eigenvalue weighted by molar-refractivity contribution is 5.93. The summed E-state index contributed by atoms with van der Waals surface area (Å²) in [5.41, 5.74) is 11.4. The zero-order valence-electron chi connectivity index (χ0n) is 16.5. The van der Waals surface area contributed by atoms with E-state index in [0.29, 0.717) is 36.8 Å². The number of hydrogen-bond donors (Lipinski definition) is 2. The first-order chi connectivity index (χ1) is 14.6. The van der Waals surface area contributed by atoms with Crippen LogP contribution < -0.4 is 10.6 Å². The molecule has 1 aromatic carbocycles. The molecule has 7 nitrogen and oxygen atoms in total. The molecule has 3 heterocycles. The van der Waals surface area contributed by atoms with Gasteiger partial charge in [-0.3, -0.25) is 4.79 Å². The Labute approximate surface area is 174 Å². The summed E-state index contributed by atoms with van der Waals surface area (Å²) in [7, 11) is 0. The van der Waals surface area contributed by atoms with Crippen molar-refractivity contribution in [2.24, 2.45) is 5.92 Å². The molecule has 1 aliphatic heterocycles. The molecule has 5 rings (SSSR count). The maximum atomic E-state index is 11.3. The van der Waals surface area contributed by atoms with E-state index in [4.69, 9.17) is 10.7 Å². The Kier molecular flexibility index (Phi) is 4.50. The van der Waals surface area contributed by atoms with Crippen LogP contribution in [0, 0.1) is 5.92 Å². The van der Waals surface area contributed by atoms with Crippen LogP contribution in [0.2, 0.25) is 0 Å². The molecule has 7 heteroatoms. The first-order valence-electron chi connectivity index (χ1n) is 10.2. The number of nitrogens with zero attached hydrogens (tertiary/aromatic N) is 4. The molecule has 30 heavy (non-hydrogen) atoms. The molecule has 3 aromatic rings. The molecular weight excluding hydrogens is 378 g/mol. The van der Waals surface area contributed by atoms with Crippen LogP contribution >= 0.6 is 0 Å². The zero-order valence-corrected chi connectivity index (χ0v) is 16.5. The number of carboxylic acid groups (broad SMARTS) is 1. The van der Waals surface area contributed by atoms with Crippen molar-refractivity contribution >= 4 is 34.9 Å². The molecule has 2 aromatic heterocycles. The average molecular weight is 401 g/mol. The van der Waals surface area contributed by atoms with E-state index in [-0.39, 0.29) is 5.92 Å². The number of rotatable bonds is 3. The summed E-state index contributed by atoms with van der Waals surface area (Å²) in [6, 6.07) is 10.2. The van der Waals surface area contributed by atoms with E-state index in [2.05, 4.69) is 47.6 Å². The first-order valence-corrected chi connectivity index (χ1v) is 10.2. The van der Waals surface area contributed by atoms with Gasteiger partial charge in [0.15, 0.2) is 5.65 Å². The topological polar surface area (TPSA) is 96.8 Å². The van der Waals surface area contributed by atoms with Crippen molar-refractivity contribution in [3.8, 4) is 0 Å². The number of anilines is 2. The largest absolute Gasteiger partial charge is 0.481 e. The van der Waals surface area contributed by atoms with Crippen LogP contribution in [0.15, 0.2) is 48.7 Å². The van der Waals surface area contributed by atoms with Crippen molar-refractivity contribution in [2.75, 3.05) is 23.7 Å². The van der Waals surface area contributed by atoms with Gasteiger partial charge in [-0.15, -0.1) is 0 Å². The average Bonchev–Trinajstić information content (AvgIpc) is 3.36. The quantitative estimate of drug-likeness (QED) is 0.699. The third-order valence-corrected chi connectivity index (χ3v) is 5.90. The van der Waals surface area contributed by atoms with E-state index >= 15 is 0 Å². The number of benzene rings is 1. The molecular formula is C23H23N5O2. The lowest BCUT2D eigenvalue weighted by molar-refractivity contribution is -0.140. The fourth-order valence-corrected chi connectivity index (χ4v) is 4.24. The van der Waals surface area contributed by atoms with Gasteiger partial charge in [0.1, 0.15) is 11.6 Å². The molecule has 152 valence electrons. The number of nitrogens with two attached hydrogens (primary N) is 1. The highest BCUT2D eigenvalue weighted by atomic mass is 16.4. The summed E-state index contributed by atoms with van der Waals surface area (Å²) >= 11 is 0. The zero-order chi connectivity index (χ0) is 20.7. The lowest BCUT2D eigenvalue weighted by Crippen LogP contribution is -2.24. The fourth-order valence-electron chi connectivity index (χ4n) is 4.24. The van der Waals surface area contributed by atoms with Crippen LogP contribution in [-0.4, -0.2) is 38.8 Å². The van der Waals surface area contributed by atoms with Gasteiger partial charge in [0.05, 0.1) is 12.1 Å². The van der Waals surface area contributed by atoms with E-state index < -0.39 is 5.97 Å². The minimum absolute atomic E-state index is 0.374. The Morgan fingerprint density at radius 3 is 2.97 bits per heavy atom. The van der Waals surface area contributed by atoms with Gasteiger partial charge in [-0.2, -0.15) is 9.61 Å². The second kappa shape index (κ2) is 7.33. The van der Waals surface area contributed by atoms with Crippen molar-refractivity contribution in [1.29, 1.82) is 0 Å². The van der Waals surface area contributed by atoms with Crippen LogP contribution in [0.5, 0.6) is 0 Å². The van der Waals surface area contributed by atoms with Crippen LogP contribution in [0.3, 0.4) is 0 Å². The Balaban J connectivity index is 1.59. The van der Waals surface area contributed by atoms with Crippen LogP contribution in [-0.2, 0) is 11.2 Å². The van der Waals surface area contributed by atoms with E-state index in [1.807, 2.05) is 4.90 Å². The molecule has 2 aliphatic rings. The number of aliphatic carboxylic acids is 1. The number of nitrogen functional groups attached to an aromatic ring is 1. The predicted molar refractivity (Wildman–Crippen MR) is 117 cm³/mol. The van der Waals surface area contributed by atoms with E-state index in [9.17, 15) is 9.90 Å². The van der Waals surface area contributed by atoms with Crippen molar-refractivity contribution < 1.29 is 9.90 Å². The predicted octanol–water partition coefficient (Wildman–Crippen LogP) is 3.27. The van der Waals surface area contributed by atoms with Crippen LogP contribution in [0.25, 0.3) is 17.3 Å². The number of allylic oxidation sites excluding steroid dienone is 3. The Morgan fingerprint density at radius 2 is 2.13 bits per heavy atom. The Morgan fingerprint density at radius 1 is 1.27 bits per heavy atom. The minimum atomic E-state index is -0.764. The molecule has 1 fully saturated rings. The number of fused-ring (bicyclic) bond motifs is 2. The summed E-state index contributed by atoms with van der Waals surface area (Å²) < 4.78 is 1.64. The molecule has 0 spiro atoms. The van der Waals surface area contributed by atoms with Gasteiger partial charge in [-0.25, -0.2) is 4.98 Å². The Bertz CT molecular complexity index is 1190. The van der Waals surface area contributed by atoms with Crippen molar-refractivity contribution in [3.63, 3.8) is 0 Å². The summed E-state index contributed by atoms with van der Waals surface area (Å²) in [4.78, 5) is 18.2. The molecule has 0 radical (unpaired) electrons. The number of aromatic nitrogens is 3. The van der Waals surface area contributed by atoms with Crippen LogP contribution in [0.4, 0.5) is 11.6 Å². The molecule has 1 unspecified atom stereocenters. The fraction of sp³-hybridized carbons (Fsp3) is 0.261. The SMILES string of the molecule is Nc1cc(N2CCC(C(=O)O)C2)nc2c(C3=Cc4ccccc4CCC=C3)cnn12. The maximum Gasteiger partial charge on any atom is 0.308 e. The first kappa shape index (κ1) is 18.4. The molecule has 0 saturated carbocycles. The number of carboxylic acids is 1. The van der Waals surface area contributed by atoms with E-state index in [1.165, 1.54) is 11.1 Å². The Hall–Kier alpha value is -3.61. The summed E-state index contributed by atoms with van der Waals surface area (Å²) in [5.74, 6) is 0.0404. The standard InChI is InChI=1S/C23H23N5O2/c24-20-12-21(27-10-9-18(14-27)23(29)30)26-22-19(13-25-28(20)22)17-8-4-2-6-15-5-1-3-7-16(15)11-17/h1,3-5,7-8,11-13,18H,2,6,9-10,14,24H2,(H,29,30). The molecule has 3 N–H and O–H groups in total. The smallest absolute Gasteiger partial charge is 0.308 e. The lowest BCUT2D eigenvalue weighted by atomic mass is 9.95. The van der Waals surface area contributed by atoms with Gasteiger partial charge < -0.3 is 15.7 Å². The van der Waals surface area contributed by atoms with Gasteiger partial charge in [-0.05, 0) is 42.0 Å². The lowest BCUT2D eigenvalue weighted by Gasteiger charge is -2.18. The normalized spacial score (nSPS) is 18.7. The third kappa shape index (κ3) is 3.22. The van der Waals surface area contributed by atoms with Crippen LogP contribution in [0.1, 0.15) is 29.5 Å². The monoisotopic (exact) mass is 401 g/mol. The van der Waals surface area contributed by atoms with Gasteiger partial charge >= 0.3 is 5.97 Å². The summed E-state index contributed by atoms with van der Waals surface area (Å²) in [6.45, 7) is 1.09. The van der Waals surface area contributed by atoms with E-state index in [0.717, 1.165) is 24.0 Å². The molecule has 1 aliphatic carbocycles. The van der Waals surface area contributed by atoms with Gasteiger partial charge in [0, 0.05) is 24.7 Å². The minimum Gasteiger partial charge on any atom is -0.481 e. The molecule has 0 amide bonds. The molecule has 1 atom stereocenters. The summed E-state index contributed by atoms with van der Waals surface area (Å²) in [6.07, 6.45) is 10.9. The van der Waals surface area contributed by atoms with Crippen molar-refractivity contribution in [3.05, 3.63) is 65.4 Å². The maximum absolute atomic E-state index is 11.3. The molecule has 0 bridgehead atoms. The van der Waals surface area contributed by atoms with Gasteiger partial charge in [0.2, 0.25) is 0 Å². The van der Waals surface area contributed by atoms with E-state index in [1.54, 1.807) is 16.8 Å². The number of hydrogen-bond acceptors (Lipinski definition) is 5. The summed E-state index contributed by atoms with van der Waals surface area (Å²) in [5, 5.41) is 13.8. The van der Waals surface area contributed by atoms with Crippen molar-refractivity contribution in [1.82, 2.24) is 14.6 Å². The molecule has 1 saturated heterocycles. The highest BCUT2D eigenvalue weighted by Gasteiger charge is 2.29. The van der Waals surface area contributed by atoms with Gasteiger partial charge in [-0.1, -0.05) is 36.4 Å². The number of aryl methyl sites for hydroxylation is 1. The van der Waals surface area contributed by atoms with Gasteiger partial charge in [0.25, 0.3) is 0 Å². The second-order valence-electron chi connectivity index (χ2n) is 7.84. The highest BCUT2D eigenvalue weighted by Crippen LogP contribution is 2.30. The third-order valence-electron chi connectivity index (χ3n) is 5.90. The number of carbonyl (C=O) groups is 1.